The van der Waals surface area contributed by atoms with Crippen LogP contribution in [0.25, 0.3) is 0 Å². The minimum atomic E-state index is 0.417. The fourth-order valence-corrected chi connectivity index (χ4v) is 3.30. The maximum atomic E-state index is 3.46. The van der Waals surface area contributed by atoms with Gasteiger partial charge in [0.05, 0.1) is 0 Å². The Labute approximate surface area is 127 Å². The zero-order valence-corrected chi connectivity index (χ0v) is 12.7. The molecule has 0 bridgehead atoms. The number of nitrogens with zero attached hydrogens (tertiary/aromatic N) is 1. The van der Waals surface area contributed by atoms with E-state index in [4.69, 9.17) is 0 Å². The molecule has 1 aliphatic rings. The van der Waals surface area contributed by atoms with Crippen LogP contribution in [0.3, 0.4) is 0 Å². The average Bonchev–Trinajstić information content (AvgIpc) is 3.03. The van der Waals surface area contributed by atoms with Crippen molar-refractivity contribution >= 4 is 0 Å². The molecule has 0 aliphatic carbocycles. The maximum absolute atomic E-state index is 3.46. The zero-order chi connectivity index (χ0) is 14.5. The second-order valence-corrected chi connectivity index (χ2v) is 5.91. The molecule has 2 aromatic carbocycles. The van der Waals surface area contributed by atoms with E-state index < -0.39 is 0 Å². The molecular weight excluding hydrogens is 256 g/mol. The number of hydrogen-bond donors (Lipinski definition) is 1. The van der Waals surface area contributed by atoms with Crippen LogP contribution in [0.5, 0.6) is 0 Å². The van der Waals surface area contributed by atoms with Gasteiger partial charge in [0.1, 0.15) is 0 Å². The van der Waals surface area contributed by atoms with E-state index in [1.165, 1.54) is 30.6 Å². The Balaban J connectivity index is 1.61. The Bertz CT molecular complexity index is 538. The molecule has 2 nitrogen and oxygen atoms in total. The van der Waals surface area contributed by atoms with Crippen molar-refractivity contribution in [3.8, 4) is 0 Å². The van der Waals surface area contributed by atoms with Gasteiger partial charge in [-0.2, -0.15) is 0 Å². The molecule has 3 rings (SSSR count). The molecule has 2 aromatic rings. The lowest BCUT2D eigenvalue weighted by molar-refractivity contribution is 0.296. The van der Waals surface area contributed by atoms with E-state index >= 15 is 0 Å². The summed E-state index contributed by atoms with van der Waals surface area (Å²) in [6.07, 6.45) is 1.27. The third-order valence-electron chi connectivity index (χ3n) is 4.53. The first-order valence-electron chi connectivity index (χ1n) is 7.86. The first-order valence-corrected chi connectivity index (χ1v) is 7.86. The van der Waals surface area contributed by atoms with Crippen molar-refractivity contribution in [2.45, 2.75) is 18.4 Å². The van der Waals surface area contributed by atoms with Gasteiger partial charge in [0.15, 0.2) is 0 Å². The summed E-state index contributed by atoms with van der Waals surface area (Å²) in [4.78, 5) is 2.59. The van der Waals surface area contributed by atoms with Gasteiger partial charge in [-0.15, -0.1) is 0 Å². The first kappa shape index (κ1) is 14.3. The predicted molar refractivity (Wildman–Crippen MR) is 88.5 cm³/mol. The highest BCUT2D eigenvalue weighted by atomic mass is 15.2. The van der Waals surface area contributed by atoms with Crippen LogP contribution in [-0.2, 0) is 0 Å². The topological polar surface area (TPSA) is 15.3 Å². The normalized spacial score (nSPS) is 20.5. The van der Waals surface area contributed by atoms with Crippen LogP contribution in [0, 0.1) is 0 Å². The lowest BCUT2D eigenvalue weighted by Gasteiger charge is -2.24. The van der Waals surface area contributed by atoms with Crippen molar-refractivity contribution < 1.29 is 0 Å². The summed E-state index contributed by atoms with van der Waals surface area (Å²) in [5.74, 6) is 0.694. The van der Waals surface area contributed by atoms with E-state index in [1.54, 1.807) is 0 Å². The molecule has 110 valence electrons. The number of benzene rings is 2. The van der Waals surface area contributed by atoms with Crippen LogP contribution in [0.4, 0.5) is 0 Å². The molecule has 1 fully saturated rings. The van der Waals surface area contributed by atoms with Crippen LogP contribution in [0.15, 0.2) is 60.7 Å². The molecule has 0 radical (unpaired) electrons. The third-order valence-corrected chi connectivity index (χ3v) is 4.53. The van der Waals surface area contributed by atoms with E-state index in [0.29, 0.717) is 12.0 Å². The van der Waals surface area contributed by atoms with Crippen molar-refractivity contribution in [3.63, 3.8) is 0 Å². The standard InChI is InChI=1S/C19H24N2/c1-20-19(17-10-6-3-7-11-17)15-21-13-12-18(14-21)16-8-4-2-5-9-16/h2-11,18-20H,12-15H2,1H3. The largest absolute Gasteiger partial charge is 0.312 e. The summed E-state index contributed by atoms with van der Waals surface area (Å²) >= 11 is 0. The highest BCUT2D eigenvalue weighted by molar-refractivity contribution is 5.22. The summed E-state index contributed by atoms with van der Waals surface area (Å²) in [7, 11) is 2.06. The number of nitrogens with one attached hydrogen (secondary N) is 1. The lowest BCUT2D eigenvalue weighted by atomic mass is 9.99. The molecule has 0 saturated carbocycles. The number of likely N-dealkylation sites (N-methyl/N-ethyl adjacent to an activating group) is 1. The van der Waals surface area contributed by atoms with Crippen molar-refractivity contribution in [1.29, 1.82) is 0 Å². The molecule has 1 heterocycles. The van der Waals surface area contributed by atoms with Crippen molar-refractivity contribution in [2.24, 2.45) is 0 Å². The minimum Gasteiger partial charge on any atom is -0.312 e. The second kappa shape index (κ2) is 6.88. The summed E-state index contributed by atoms with van der Waals surface area (Å²) in [5, 5.41) is 3.46. The number of hydrogen-bond acceptors (Lipinski definition) is 2. The first-order chi connectivity index (χ1) is 10.4. The number of likely N-dealkylation sites (tertiary alicyclic amines) is 1. The fourth-order valence-electron chi connectivity index (χ4n) is 3.30. The Hall–Kier alpha value is -1.64. The highest BCUT2D eigenvalue weighted by Gasteiger charge is 2.25. The molecule has 1 aliphatic heterocycles. The molecule has 0 spiro atoms. The Morgan fingerprint density at radius 1 is 1.05 bits per heavy atom. The van der Waals surface area contributed by atoms with Gasteiger partial charge >= 0.3 is 0 Å². The van der Waals surface area contributed by atoms with E-state index in [0.717, 1.165) is 6.54 Å². The molecule has 1 saturated heterocycles. The van der Waals surface area contributed by atoms with Crippen LogP contribution >= 0.6 is 0 Å². The molecular formula is C19H24N2. The molecule has 0 amide bonds. The van der Waals surface area contributed by atoms with Crippen LogP contribution in [0.1, 0.15) is 29.5 Å². The van der Waals surface area contributed by atoms with Gasteiger partial charge in [-0.05, 0) is 37.1 Å². The average molecular weight is 280 g/mol. The molecule has 2 heteroatoms. The maximum Gasteiger partial charge on any atom is 0.0446 e. The SMILES string of the molecule is CNC(CN1CCC(c2ccccc2)C1)c1ccccc1. The summed E-state index contributed by atoms with van der Waals surface area (Å²) < 4.78 is 0. The Kier molecular flexibility index (Phi) is 4.69. The lowest BCUT2D eigenvalue weighted by Crippen LogP contribution is -2.32. The monoisotopic (exact) mass is 280 g/mol. The smallest absolute Gasteiger partial charge is 0.0446 e. The number of rotatable bonds is 5. The van der Waals surface area contributed by atoms with Crippen LogP contribution in [0.2, 0.25) is 0 Å². The van der Waals surface area contributed by atoms with Gasteiger partial charge in [-0.3, -0.25) is 0 Å². The van der Waals surface area contributed by atoms with Gasteiger partial charge in [0.25, 0.3) is 0 Å². The molecule has 2 unspecified atom stereocenters. The molecule has 2 atom stereocenters. The van der Waals surface area contributed by atoms with Crippen LogP contribution in [-0.4, -0.2) is 31.6 Å². The second-order valence-electron chi connectivity index (χ2n) is 5.91. The van der Waals surface area contributed by atoms with E-state index in [-0.39, 0.29) is 0 Å². The Morgan fingerprint density at radius 3 is 2.38 bits per heavy atom. The third kappa shape index (κ3) is 3.52. The fraction of sp³-hybridized carbons (Fsp3) is 0.368. The van der Waals surface area contributed by atoms with Crippen LogP contribution < -0.4 is 5.32 Å². The quantitative estimate of drug-likeness (QED) is 0.902. The predicted octanol–water partition coefficient (Wildman–Crippen LogP) is 3.44. The van der Waals surface area contributed by atoms with Gasteiger partial charge in [-0.1, -0.05) is 60.7 Å². The van der Waals surface area contributed by atoms with E-state index in [9.17, 15) is 0 Å². The molecule has 1 N–H and O–H groups in total. The van der Waals surface area contributed by atoms with E-state index in [1.807, 2.05) is 0 Å². The zero-order valence-electron chi connectivity index (χ0n) is 12.7. The van der Waals surface area contributed by atoms with Gasteiger partial charge < -0.3 is 10.2 Å². The minimum absolute atomic E-state index is 0.417. The van der Waals surface area contributed by atoms with Crippen molar-refractivity contribution in [1.82, 2.24) is 10.2 Å². The Morgan fingerprint density at radius 2 is 1.71 bits per heavy atom. The highest BCUT2D eigenvalue weighted by Crippen LogP contribution is 2.28. The summed E-state index contributed by atoms with van der Waals surface area (Å²) in [6, 6.07) is 22.1. The van der Waals surface area contributed by atoms with Crippen molar-refractivity contribution in [2.75, 3.05) is 26.7 Å². The molecule has 0 aromatic heterocycles. The van der Waals surface area contributed by atoms with Gasteiger partial charge in [0.2, 0.25) is 0 Å². The van der Waals surface area contributed by atoms with Gasteiger partial charge in [-0.25, -0.2) is 0 Å². The summed E-state index contributed by atoms with van der Waals surface area (Å²) in [5.41, 5.74) is 2.86. The summed E-state index contributed by atoms with van der Waals surface area (Å²) in [6.45, 7) is 3.46. The van der Waals surface area contributed by atoms with Gasteiger partial charge in [0, 0.05) is 19.1 Å². The van der Waals surface area contributed by atoms with Crippen molar-refractivity contribution in [3.05, 3.63) is 71.8 Å². The van der Waals surface area contributed by atoms with E-state index in [2.05, 4.69) is 77.9 Å². The molecule has 21 heavy (non-hydrogen) atoms.